The zero-order valence-electron chi connectivity index (χ0n) is 14.4. The molecule has 0 aromatic heterocycles. The molecule has 0 N–H and O–H groups in total. The lowest BCUT2D eigenvalue weighted by molar-refractivity contribution is -0.212. The molecule has 2 saturated carbocycles. The molecule has 0 amide bonds. The highest BCUT2D eigenvalue weighted by molar-refractivity contribution is 7.67. The Hall–Kier alpha value is -1.41. The highest BCUT2D eigenvalue weighted by atomic mass is 32.2. The summed E-state index contributed by atoms with van der Waals surface area (Å²) in [6, 6.07) is 0. The second kappa shape index (κ2) is 6.15. The van der Waals surface area contributed by atoms with Gasteiger partial charge in [-0.05, 0) is 38.5 Å². The van der Waals surface area contributed by atoms with Crippen molar-refractivity contribution in [3.8, 4) is 0 Å². The van der Waals surface area contributed by atoms with Crippen molar-refractivity contribution in [2.45, 2.75) is 51.7 Å². The first-order chi connectivity index (χ1) is 11.0. The Kier molecular flexibility index (Phi) is 4.85. The Morgan fingerprint density at radius 2 is 1.92 bits per heavy atom. The topological polar surface area (TPSA) is 96.0 Å². The number of thiol groups is 1. The van der Waals surface area contributed by atoms with Crippen molar-refractivity contribution in [1.82, 2.24) is 0 Å². The molecule has 8 heteroatoms. The smallest absolute Gasteiger partial charge is 0.344 e. The van der Waals surface area contributed by atoms with E-state index in [4.69, 9.17) is 13.7 Å². The van der Waals surface area contributed by atoms with Crippen LogP contribution in [0.5, 0.6) is 0 Å². The summed E-state index contributed by atoms with van der Waals surface area (Å²) in [6.07, 6.45) is 2.55. The van der Waals surface area contributed by atoms with Gasteiger partial charge in [0.2, 0.25) is 0 Å². The number of hydrogen-bond donors (Lipinski definition) is 1. The molecule has 136 valence electrons. The third-order valence-corrected chi connectivity index (χ3v) is 6.94. The summed E-state index contributed by atoms with van der Waals surface area (Å²) in [5.74, 6) is -1.41. The van der Waals surface area contributed by atoms with Crippen LogP contribution in [0.1, 0.15) is 40.5 Å². The molecular weight excluding hydrogens is 336 g/mol. The van der Waals surface area contributed by atoms with E-state index in [1.54, 1.807) is 13.8 Å². The number of rotatable bonds is 6. The molecule has 24 heavy (non-hydrogen) atoms. The predicted molar refractivity (Wildman–Crippen MR) is 85.5 cm³/mol. The van der Waals surface area contributed by atoms with Gasteiger partial charge in [0.1, 0.15) is 11.2 Å². The van der Waals surface area contributed by atoms with Crippen LogP contribution >= 0.6 is 0 Å². The largest absolute Gasteiger partial charge is 0.453 e. The monoisotopic (exact) mass is 360 g/mol. The van der Waals surface area contributed by atoms with Gasteiger partial charge < -0.3 is 9.47 Å². The summed E-state index contributed by atoms with van der Waals surface area (Å²) >= 11 is 0. The van der Waals surface area contributed by atoms with Crippen LogP contribution in [0.2, 0.25) is 0 Å². The van der Waals surface area contributed by atoms with E-state index >= 15 is 0 Å². The van der Waals surface area contributed by atoms with Gasteiger partial charge in [0.15, 0.2) is 6.61 Å². The maximum absolute atomic E-state index is 12.2. The van der Waals surface area contributed by atoms with Crippen molar-refractivity contribution in [3.63, 3.8) is 0 Å². The first-order valence-corrected chi connectivity index (χ1v) is 8.96. The van der Waals surface area contributed by atoms with E-state index in [1.165, 1.54) is 0 Å². The highest BCUT2D eigenvalue weighted by Crippen LogP contribution is 2.69. The molecule has 0 saturated heterocycles. The van der Waals surface area contributed by atoms with Crippen molar-refractivity contribution in [1.29, 1.82) is 0 Å². The number of ether oxygens (including phenoxy) is 2. The van der Waals surface area contributed by atoms with E-state index in [9.17, 15) is 18.0 Å². The minimum absolute atomic E-state index is 0.0519. The molecular formula is C16H24O7S. The summed E-state index contributed by atoms with van der Waals surface area (Å²) in [5, 5.41) is 0. The lowest BCUT2D eigenvalue weighted by Gasteiger charge is -2.50. The molecule has 7 nitrogen and oxygen atoms in total. The van der Waals surface area contributed by atoms with Crippen LogP contribution in [0.15, 0.2) is 12.7 Å². The third kappa shape index (κ3) is 2.56. The molecule has 0 heterocycles. The number of carbonyl (C=O) groups is 2. The SMILES string of the molecule is C=CC(=O)OCC(=O)OC1(C)C2(C)CCC(C2C)C1(C)O[SH](=O)=O. The van der Waals surface area contributed by atoms with Crippen molar-refractivity contribution in [2.24, 2.45) is 17.3 Å². The van der Waals surface area contributed by atoms with Crippen LogP contribution in [0.4, 0.5) is 0 Å². The van der Waals surface area contributed by atoms with Crippen LogP contribution in [0.3, 0.4) is 0 Å². The van der Waals surface area contributed by atoms with Gasteiger partial charge in [0, 0.05) is 11.5 Å². The molecule has 2 bridgehead atoms. The maximum atomic E-state index is 12.2. The molecule has 2 aliphatic carbocycles. The molecule has 2 rings (SSSR count). The van der Waals surface area contributed by atoms with E-state index in [0.29, 0.717) is 0 Å². The first-order valence-electron chi connectivity index (χ1n) is 7.86. The maximum Gasteiger partial charge on any atom is 0.344 e. The van der Waals surface area contributed by atoms with E-state index in [-0.39, 0.29) is 11.8 Å². The van der Waals surface area contributed by atoms with Crippen molar-refractivity contribution in [3.05, 3.63) is 12.7 Å². The standard InChI is InChI=1S/C16H24O7S/c1-6-12(17)21-9-13(18)22-16(5)14(3)8-7-11(10(14)2)15(16,4)23-24(19)20/h6,10-11,24H,1,7-9H2,2-5H3. The van der Waals surface area contributed by atoms with Crippen LogP contribution < -0.4 is 0 Å². The van der Waals surface area contributed by atoms with Crippen LogP contribution in [0.25, 0.3) is 0 Å². The molecule has 0 aromatic rings. The predicted octanol–water partition coefficient (Wildman–Crippen LogP) is 1.39. The molecule has 0 aliphatic heterocycles. The average molecular weight is 360 g/mol. The van der Waals surface area contributed by atoms with Crippen LogP contribution in [0, 0.1) is 17.3 Å². The second-order valence-corrected chi connectivity index (χ2v) is 7.72. The Bertz CT molecular complexity index is 634. The number of carbonyl (C=O) groups excluding carboxylic acids is 2. The minimum Gasteiger partial charge on any atom is -0.453 e. The molecule has 0 radical (unpaired) electrons. The fourth-order valence-corrected chi connectivity index (χ4v) is 5.32. The summed E-state index contributed by atoms with van der Waals surface area (Å²) in [6.45, 7) is 10.1. The molecule has 2 fully saturated rings. The molecule has 0 spiro atoms. The van der Waals surface area contributed by atoms with Gasteiger partial charge in [-0.15, -0.1) is 0 Å². The zero-order valence-corrected chi connectivity index (χ0v) is 15.3. The van der Waals surface area contributed by atoms with Gasteiger partial charge in [-0.2, -0.15) is 0 Å². The molecule has 5 unspecified atom stereocenters. The van der Waals surface area contributed by atoms with E-state index < -0.39 is 46.1 Å². The van der Waals surface area contributed by atoms with Crippen molar-refractivity contribution >= 4 is 22.9 Å². The summed E-state index contributed by atoms with van der Waals surface area (Å²) in [5.41, 5.74) is -2.75. The first kappa shape index (κ1) is 18.9. The Morgan fingerprint density at radius 3 is 2.46 bits per heavy atom. The van der Waals surface area contributed by atoms with Gasteiger partial charge in [-0.3, -0.25) is 4.18 Å². The number of esters is 2. The third-order valence-electron chi connectivity index (χ3n) is 6.41. The zero-order chi connectivity index (χ0) is 18.3. The van der Waals surface area contributed by atoms with Crippen molar-refractivity contribution in [2.75, 3.05) is 6.61 Å². The quantitative estimate of drug-likeness (QED) is 0.434. The minimum atomic E-state index is -3.11. The fourth-order valence-electron chi connectivity index (χ4n) is 4.70. The summed E-state index contributed by atoms with van der Waals surface area (Å²) in [7, 11) is -3.11. The number of fused-ring (bicyclic) bond motifs is 2. The molecule has 5 atom stereocenters. The highest BCUT2D eigenvalue weighted by Gasteiger charge is 2.76. The van der Waals surface area contributed by atoms with Gasteiger partial charge in [0.05, 0.1) is 0 Å². The van der Waals surface area contributed by atoms with Gasteiger partial charge in [-0.1, -0.05) is 20.4 Å². The second-order valence-electron chi connectivity index (χ2n) is 7.09. The van der Waals surface area contributed by atoms with E-state index in [2.05, 4.69) is 6.58 Å². The molecule has 0 aromatic carbocycles. The van der Waals surface area contributed by atoms with Gasteiger partial charge in [0.25, 0.3) is 11.0 Å². The van der Waals surface area contributed by atoms with Gasteiger partial charge in [-0.25, -0.2) is 18.0 Å². The number of hydrogen-bond acceptors (Lipinski definition) is 7. The van der Waals surface area contributed by atoms with Crippen LogP contribution in [-0.4, -0.2) is 38.2 Å². The van der Waals surface area contributed by atoms with E-state index in [1.807, 2.05) is 13.8 Å². The molecule has 2 aliphatic rings. The Morgan fingerprint density at radius 1 is 1.29 bits per heavy atom. The van der Waals surface area contributed by atoms with Gasteiger partial charge >= 0.3 is 11.9 Å². The van der Waals surface area contributed by atoms with Crippen LogP contribution in [-0.2, 0) is 34.2 Å². The summed E-state index contributed by atoms with van der Waals surface area (Å²) < 4.78 is 38.2. The lowest BCUT2D eigenvalue weighted by atomic mass is 9.66. The Labute approximate surface area is 143 Å². The Balaban J connectivity index is 2.30. The lowest BCUT2D eigenvalue weighted by Crippen LogP contribution is -2.61. The van der Waals surface area contributed by atoms with Crippen molar-refractivity contribution < 1.29 is 31.7 Å². The normalized spacial score (nSPS) is 40.5. The summed E-state index contributed by atoms with van der Waals surface area (Å²) in [4.78, 5) is 23.3. The average Bonchev–Trinajstić information content (AvgIpc) is 2.85. The van der Waals surface area contributed by atoms with E-state index in [0.717, 1.165) is 18.9 Å². The fraction of sp³-hybridized carbons (Fsp3) is 0.750.